The van der Waals surface area contributed by atoms with Crippen molar-refractivity contribution in [3.05, 3.63) is 75.3 Å². The zero-order valence-corrected chi connectivity index (χ0v) is 15.0. The third-order valence-corrected chi connectivity index (χ3v) is 4.38. The minimum absolute atomic E-state index is 0.130. The van der Waals surface area contributed by atoms with Crippen LogP contribution in [0.4, 0.5) is 26.3 Å². The van der Waals surface area contributed by atoms with Gasteiger partial charge in [-0.25, -0.2) is 4.79 Å². The van der Waals surface area contributed by atoms with Crippen LogP contribution in [-0.2, 0) is 6.18 Å². The molecule has 9 heteroatoms. The average Bonchev–Trinajstić information content (AvgIpc) is 2.56. The molecule has 0 spiro atoms. The molecule has 0 saturated heterocycles. The average molecular weight is 423 g/mol. The third kappa shape index (κ3) is 5.07. The van der Waals surface area contributed by atoms with Gasteiger partial charge in [0.15, 0.2) is 0 Å². The highest BCUT2D eigenvalue weighted by Crippen LogP contribution is 2.38. The van der Waals surface area contributed by atoms with Crippen LogP contribution >= 0.6 is 11.6 Å². The van der Waals surface area contributed by atoms with Crippen LogP contribution in [0, 0.1) is 6.92 Å². The van der Waals surface area contributed by atoms with Crippen molar-refractivity contribution < 1.29 is 36.2 Å². The summed E-state index contributed by atoms with van der Waals surface area (Å²) in [5.74, 6) is -3.88. The van der Waals surface area contributed by atoms with Crippen molar-refractivity contribution in [1.82, 2.24) is 0 Å². The number of carbonyl (C=O) groups is 1. The second-order valence-electron chi connectivity index (χ2n) is 5.99. The zero-order chi connectivity index (χ0) is 21.3. The molecule has 0 amide bonds. The Balaban J connectivity index is 2.48. The lowest BCUT2D eigenvalue weighted by atomic mass is 9.95. The van der Waals surface area contributed by atoms with Crippen molar-refractivity contribution in [3.8, 4) is 0 Å². The van der Waals surface area contributed by atoms with Crippen molar-refractivity contribution in [1.29, 1.82) is 0 Å². The number of rotatable bonds is 4. The van der Waals surface area contributed by atoms with E-state index in [1.165, 1.54) is 12.1 Å². The maximum absolute atomic E-state index is 13.4. The largest absolute Gasteiger partial charge is 0.478 e. The van der Waals surface area contributed by atoms with Gasteiger partial charge in [0, 0.05) is 5.02 Å². The van der Waals surface area contributed by atoms with Gasteiger partial charge in [-0.05, 0) is 41.8 Å². The number of benzene rings is 2. The van der Waals surface area contributed by atoms with Crippen LogP contribution in [0.25, 0.3) is 6.08 Å². The van der Waals surface area contributed by atoms with Crippen molar-refractivity contribution >= 4 is 23.6 Å². The van der Waals surface area contributed by atoms with E-state index in [4.69, 9.17) is 16.7 Å². The second kappa shape index (κ2) is 7.87. The Bertz CT molecular complexity index is 916. The lowest BCUT2D eigenvalue weighted by molar-refractivity contribution is -0.139. The first-order valence-corrected chi connectivity index (χ1v) is 8.14. The van der Waals surface area contributed by atoms with Crippen LogP contribution < -0.4 is 0 Å². The van der Waals surface area contributed by atoms with E-state index in [0.29, 0.717) is 23.8 Å². The molecule has 1 unspecified atom stereocenters. The maximum atomic E-state index is 13.4. The van der Waals surface area contributed by atoms with Gasteiger partial charge in [-0.1, -0.05) is 42.0 Å². The molecule has 0 radical (unpaired) electrons. The van der Waals surface area contributed by atoms with Crippen molar-refractivity contribution in [2.24, 2.45) is 0 Å². The van der Waals surface area contributed by atoms with Crippen LogP contribution in [0.2, 0.25) is 5.02 Å². The van der Waals surface area contributed by atoms with E-state index < -0.39 is 35.4 Å². The SMILES string of the molecule is Cc1ccc(C(/C=C/c2ccc(C(=O)O)c(C(F)(F)F)c2)C(F)(F)F)cc1Cl. The first-order valence-electron chi connectivity index (χ1n) is 7.76. The van der Waals surface area contributed by atoms with Crippen LogP contribution in [0.1, 0.15) is 38.5 Å². The highest BCUT2D eigenvalue weighted by Gasteiger charge is 2.39. The second-order valence-corrected chi connectivity index (χ2v) is 6.40. The topological polar surface area (TPSA) is 37.3 Å². The van der Waals surface area contributed by atoms with E-state index in [2.05, 4.69) is 0 Å². The molecular weight excluding hydrogens is 410 g/mol. The van der Waals surface area contributed by atoms with Gasteiger partial charge in [0.05, 0.1) is 17.0 Å². The summed E-state index contributed by atoms with van der Waals surface area (Å²) in [5.41, 5.74) is -2.23. The van der Waals surface area contributed by atoms with Gasteiger partial charge in [0.25, 0.3) is 0 Å². The van der Waals surface area contributed by atoms with Gasteiger partial charge >= 0.3 is 18.3 Å². The van der Waals surface area contributed by atoms with Gasteiger partial charge in [-0.15, -0.1) is 0 Å². The fourth-order valence-corrected chi connectivity index (χ4v) is 2.69. The molecule has 0 aromatic heterocycles. The van der Waals surface area contributed by atoms with Crippen LogP contribution in [0.15, 0.2) is 42.5 Å². The Kier molecular flexibility index (Phi) is 6.13. The third-order valence-electron chi connectivity index (χ3n) is 3.97. The zero-order valence-electron chi connectivity index (χ0n) is 14.2. The number of carboxylic acid groups (broad SMARTS) is 1. The first-order chi connectivity index (χ1) is 12.8. The summed E-state index contributed by atoms with van der Waals surface area (Å²) in [5, 5.41) is 8.99. The molecule has 0 saturated carbocycles. The highest BCUT2D eigenvalue weighted by atomic mass is 35.5. The quantitative estimate of drug-likeness (QED) is 0.555. The van der Waals surface area contributed by atoms with Crippen LogP contribution in [0.5, 0.6) is 0 Å². The Hall–Kier alpha value is -2.48. The Morgan fingerprint density at radius 2 is 1.71 bits per heavy atom. The Morgan fingerprint density at radius 3 is 2.21 bits per heavy atom. The molecule has 1 atom stereocenters. The van der Waals surface area contributed by atoms with E-state index in [9.17, 15) is 31.1 Å². The lowest BCUT2D eigenvalue weighted by Crippen LogP contribution is -2.19. The molecule has 2 aromatic carbocycles. The number of carboxylic acids is 1. The van der Waals surface area contributed by atoms with E-state index in [1.54, 1.807) is 6.92 Å². The Labute approximate surface area is 161 Å². The highest BCUT2D eigenvalue weighted by molar-refractivity contribution is 6.31. The number of halogens is 7. The molecule has 28 heavy (non-hydrogen) atoms. The molecule has 150 valence electrons. The maximum Gasteiger partial charge on any atom is 0.417 e. The minimum Gasteiger partial charge on any atom is -0.478 e. The molecule has 2 nitrogen and oxygen atoms in total. The summed E-state index contributed by atoms with van der Waals surface area (Å²) in [6.45, 7) is 1.62. The fourth-order valence-electron chi connectivity index (χ4n) is 2.51. The smallest absolute Gasteiger partial charge is 0.417 e. The van der Waals surface area contributed by atoms with E-state index in [1.807, 2.05) is 0 Å². The molecule has 2 aromatic rings. The van der Waals surface area contributed by atoms with E-state index >= 15 is 0 Å². The van der Waals surface area contributed by atoms with Crippen molar-refractivity contribution in [3.63, 3.8) is 0 Å². The Morgan fingerprint density at radius 1 is 1.07 bits per heavy atom. The van der Waals surface area contributed by atoms with E-state index in [0.717, 1.165) is 18.2 Å². The van der Waals surface area contributed by atoms with Gasteiger partial charge in [0.1, 0.15) is 0 Å². The number of alkyl halides is 6. The summed E-state index contributed by atoms with van der Waals surface area (Å²) in [7, 11) is 0. The summed E-state index contributed by atoms with van der Waals surface area (Å²) >= 11 is 5.87. The number of hydrogen-bond acceptors (Lipinski definition) is 1. The molecule has 0 bridgehead atoms. The summed E-state index contributed by atoms with van der Waals surface area (Å²) < 4.78 is 79.4. The summed E-state index contributed by atoms with van der Waals surface area (Å²) in [6.07, 6.45) is -8.10. The monoisotopic (exact) mass is 422 g/mol. The first kappa shape index (κ1) is 21.8. The fraction of sp³-hybridized carbons (Fsp3) is 0.211. The number of hydrogen-bond donors (Lipinski definition) is 1. The molecule has 0 heterocycles. The molecule has 0 aliphatic heterocycles. The van der Waals surface area contributed by atoms with Crippen molar-refractivity contribution in [2.45, 2.75) is 25.2 Å². The van der Waals surface area contributed by atoms with Crippen LogP contribution in [0.3, 0.4) is 0 Å². The van der Waals surface area contributed by atoms with Gasteiger partial charge in [0.2, 0.25) is 0 Å². The molecule has 1 N–H and O–H groups in total. The van der Waals surface area contributed by atoms with Gasteiger partial charge < -0.3 is 5.11 Å². The summed E-state index contributed by atoms with van der Waals surface area (Å²) in [6, 6.07) is 6.00. The molecule has 0 aliphatic rings. The molecule has 0 aliphatic carbocycles. The van der Waals surface area contributed by atoms with Gasteiger partial charge in [-0.3, -0.25) is 0 Å². The minimum atomic E-state index is -4.97. The number of aryl methyl sites for hydroxylation is 1. The predicted molar refractivity (Wildman–Crippen MR) is 92.4 cm³/mol. The molecule has 0 fully saturated rings. The van der Waals surface area contributed by atoms with Crippen molar-refractivity contribution in [2.75, 3.05) is 0 Å². The normalized spacial score (nSPS) is 13.7. The number of allylic oxidation sites excluding steroid dienone is 1. The lowest BCUT2D eigenvalue weighted by Gasteiger charge is -2.18. The summed E-state index contributed by atoms with van der Waals surface area (Å²) in [4.78, 5) is 10.9. The van der Waals surface area contributed by atoms with E-state index in [-0.39, 0.29) is 16.1 Å². The molecular formula is C19H13ClF6O2. The standard InChI is InChI=1S/C19H13ClF6O2/c1-10-2-5-12(9-16(10)20)14(18(21,22)23)7-4-11-3-6-13(17(27)28)15(8-11)19(24,25)26/h2-9,14H,1H3,(H,27,28)/b7-4+. The predicted octanol–water partition coefficient (Wildman–Crippen LogP) is 6.72. The number of aromatic carboxylic acids is 1. The van der Waals surface area contributed by atoms with Crippen LogP contribution in [-0.4, -0.2) is 17.3 Å². The molecule has 2 rings (SSSR count). The van der Waals surface area contributed by atoms with Gasteiger partial charge in [-0.2, -0.15) is 26.3 Å².